The van der Waals surface area contributed by atoms with E-state index in [0.717, 1.165) is 48.0 Å². The topological polar surface area (TPSA) is 70.2 Å². The minimum atomic E-state index is 0.0511. The van der Waals surface area contributed by atoms with Gasteiger partial charge >= 0.3 is 0 Å². The number of nitrogens with one attached hydrogen (secondary N) is 2. The largest absolute Gasteiger partial charge is 0.362 e. The molecule has 1 saturated carbocycles. The van der Waals surface area contributed by atoms with E-state index in [9.17, 15) is 4.79 Å². The summed E-state index contributed by atoms with van der Waals surface area (Å²) in [5.74, 6) is 1.77. The Morgan fingerprint density at radius 3 is 2.36 bits per heavy atom. The predicted molar refractivity (Wildman–Crippen MR) is 147 cm³/mol. The Balaban J connectivity index is 1.15. The fraction of sp³-hybridized carbons (Fsp3) is 0.300. The predicted octanol–water partition coefficient (Wildman–Crippen LogP) is 5.65. The van der Waals surface area contributed by atoms with Crippen molar-refractivity contribution in [2.75, 3.05) is 24.3 Å². The van der Waals surface area contributed by atoms with Crippen LogP contribution in [0.2, 0.25) is 0 Å². The number of aromatic nitrogens is 2. The van der Waals surface area contributed by atoms with Crippen molar-refractivity contribution in [1.82, 2.24) is 15.3 Å². The summed E-state index contributed by atoms with van der Waals surface area (Å²) in [6.45, 7) is 0.552. The minimum Gasteiger partial charge on any atom is -0.362 e. The molecular weight excluding hydrogens is 446 g/mol. The van der Waals surface area contributed by atoms with Crippen molar-refractivity contribution in [2.24, 2.45) is 5.92 Å². The molecule has 2 N–H and O–H groups in total. The van der Waals surface area contributed by atoms with Crippen LogP contribution in [0.25, 0.3) is 22.0 Å². The molecule has 5 rings (SSSR count). The number of hydrogen-bond acceptors (Lipinski definition) is 5. The third-order valence-corrected chi connectivity index (χ3v) is 6.94. The SMILES string of the molecule is CN(C)c1nc(N[C@H]2CC[C@@H](C(=O)NCc3cccc(-c4ccccc4)c3)CC2)nc2ccccc12. The maximum Gasteiger partial charge on any atom is 0.225 e. The van der Waals surface area contributed by atoms with Crippen molar-refractivity contribution in [1.29, 1.82) is 0 Å². The van der Waals surface area contributed by atoms with Crippen LogP contribution < -0.4 is 15.5 Å². The van der Waals surface area contributed by atoms with Crippen LogP contribution in [-0.2, 0) is 11.3 Å². The Hall–Kier alpha value is -3.93. The molecule has 0 bridgehead atoms. The van der Waals surface area contributed by atoms with Gasteiger partial charge in [0.2, 0.25) is 11.9 Å². The van der Waals surface area contributed by atoms with Gasteiger partial charge < -0.3 is 15.5 Å². The second kappa shape index (κ2) is 10.8. The van der Waals surface area contributed by atoms with E-state index in [2.05, 4.69) is 53.1 Å². The van der Waals surface area contributed by atoms with E-state index >= 15 is 0 Å². The summed E-state index contributed by atoms with van der Waals surface area (Å²) < 4.78 is 0. The van der Waals surface area contributed by atoms with Crippen LogP contribution in [0.3, 0.4) is 0 Å². The number of anilines is 2. The summed E-state index contributed by atoms with van der Waals surface area (Å²) in [7, 11) is 4.00. The fourth-order valence-electron chi connectivity index (χ4n) is 4.97. The second-order valence-corrected chi connectivity index (χ2v) is 9.76. The number of amides is 1. The highest BCUT2D eigenvalue weighted by Crippen LogP contribution is 2.29. The average Bonchev–Trinajstić information content (AvgIpc) is 2.92. The van der Waals surface area contributed by atoms with E-state index in [4.69, 9.17) is 9.97 Å². The number of carbonyl (C=O) groups excluding carboxylic acids is 1. The third kappa shape index (κ3) is 5.48. The second-order valence-electron chi connectivity index (χ2n) is 9.76. The summed E-state index contributed by atoms with van der Waals surface area (Å²) in [6, 6.07) is 27.1. The lowest BCUT2D eigenvalue weighted by Gasteiger charge is -2.28. The van der Waals surface area contributed by atoms with E-state index in [-0.39, 0.29) is 17.9 Å². The first kappa shape index (κ1) is 23.8. The highest BCUT2D eigenvalue weighted by Gasteiger charge is 2.26. The zero-order valence-corrected chi connectivity index (χ0v) is 20.9. The van der Waals surface area contributed by atoms with E-state index in [1.54, 1.807) is 0 Å². The van der Waals surface area contributed by atoms with Crippen LogP contribution in [0.4, 0.5) is 11.8 Å². The lowest BCUT2D eigenvalue weighted by atomic mass is 9.85. The van der Waals surface area contributed by atoms with Crippen molar-refractivity contribution in [3.63, 3.8) is 0 Å². The van der Waals surface area contributed by atoms with Crippen LogP contribution in [0.1, 0.15) is 31.2 Å². The number of rotatable bonds is 7. The van der Waals surface area contributed by atoms with Crippen molar-refractivity contribution in [3.8, 4) is 11.1 Å². The van der Waals surface area contributed by atoms with Crippen LogP contribution in [0, 0.1) is 5.92 Å². The van der Waals surface area contributed by atoms with E-state index < -0.39 is 0 Å². The number of fused-ring (bicyclic) bond motifs is 1. The Bertz CT molecular complexity index is 1330. The maximum absolute atomic E-state index is 12.9. The van der Waals surface area contributed by atoms with Gasteiger partial charge in [0.25, 0.3) is 0 Å². The molecule has 0 unspecified atom stereocenters. The number of benzene rings is 3. The Morgan fingerprint density at radius 1 is 0.861 bits per heavy atom. The normalized spacial score (nSPS) is 17.5. The molecule has 0 atom stereocenters. The van der Waals surface area contributed by atoms with Gasteiger partial charge in [0.1, 0.15) is 5.82 Å². The summed E-state index contributed by atoms with van der Waals surface area (Å²) in [4.78, 5) is 24.4. The average molecular weight is 480 g/mol. The van der Waals surface area contributed by atoms with Crippen molar-refractivity contribution in [2.45, 2.75) is 38.3 Å². The summed E-state index contributed by atoms with van der Waals surface area (Å²) in [5, 5.41) is 7.73. The highest BCUT2D eigenvalue weighted by molar-refractivity contribution is 5.90. The zero-order valence-electron chi connectivity index (χ0n) is 20.9. The van der Waals surface area contributed by atoms with Crippen LogP contribution >= 0.6 is 0 Å². The van der Waals surface area contributed by atoms with Gasteiger partial charge in [0.15, 0.2) is 0 Å². The monoisotopic (exact) mass is 479 g/mol. The fourth-order valence-corrected chi connectivity index (χ4v) is 4.97. The molecular formula is C30H33N5O. The quantitative estimate of drug-likeness (QED) is 0.358. The number of nitrogens with zero attached hydrogens (tertiary/aromatic N) is 3. The first-order chi connectivity index (χ1) is 17.6. The van der Waals surface area contributed by atoms with Gasteiger partial charge in [0.05, 0.1) is 5.52 Å². The van der Waals surface area contributed by atoms with Crippen LogP contribution in [0.5, 0.6) is 0 Å². The Morgan fingerprint density at radius 2 is 1.58 bits per heavy atom. The molecule has 4 aromatic rings. The molecule has 0 radical (unpaired) electrons. The van der Waals surface area contributed by atoms with Gasteiger partial charge in [-0.2, -0.15) is 4.98 Å². The Kier molecular flexibility index (Phi) is 7.12. The molecule has 1 aliphatic carbocycles. The molecule has 6 nitrogen and oxygen atoms in total. The van der Waals surface area contributed by atoms with Gasteiger partial charge in [-0.25, -0.2) is 4.98 Å². The van der Waals surface area contributed by atoms with E-state index in [1.807, 2.05) is 55.4 Å². The van der Waals surface area contributed by atoms with E-state index in [1.165, 1.54) is 11.1 Å². The van der Waals surface area contributed by atoms with Gasteiger partial charge in [-0.3, -0.25) is 4.79 Å². The molecule has 6 heteroatoms. The molecule has 1 amide bonds. The standard InChI is InChI=1S/C30H33N5O/c1-35(2)28-26-13-6-7-14-27(26)33-30(34-28)32-25-17-15-23(16-18-25)29(36)31-20-21-9-8-12-24(19-21)22-10-4-3-5-11-22/h3-14,19,23,25H,15-18,20H2,1-2H3,(H,31,36)(H,32,33,34)/t23-,25+. The first-order valence-electron chi connectivity index (χ1n) is 12.7. The van der Waals surface area contributed by atoms with Crippen molar-refractivity contribution >= 4 is 28.6 Å². The molecule has 1 fully saturated rings. The summed E-state index contributed by atoms with van der Waals surface area (Å²) in [6.07, 6.45) is 3.58. The van der Waals surface area contributed by atoms with Crippen molar-refractivity contribution < 1.29 is 4.79 Å². The molecule has 0 saturated heterocycles. The smallest absolute Gasteiger partial charge is 0.225 e. The molecule has 36 heavy (non-hydrogen) atoms. The highest BCUT2D eigenvalue weighted by atomic mass is 16.1. The molecule has 184 valence electrons. The maximum atomic E-state index is 12.9. The number of para-hydroxylation sites is 1. The lowest BCUT2D eigenvalue weighted by molar-refractivity contribution is -0.126. The van der Waals surface area contributed by atoms with Gasteiger partial charge in [-0.15, -0.1) is 0 Å². The molecule has 0 spiro atoms. The molecule has 1 heterocycles. The zero-order chi connectivity index (χ0) is 24.9. The van der Waals surface area contributed by atoms with Crippen LogP contribution in [-0.4, -0.2) is 36.0 Å². The Labute approximate surface area is 212 Å². The molecule has 3 aromatic carbocycles. The number of carbonyl (C=O) groups is 1. The summed E-state index contributed by atoms with van der Waals surface area (Å²) in [5.41, 5.74) is 4.40. The van der Waals surface area contributed by atoms with Gasteiger partial charge in [-0.1, -0.05) is 60.7 Å². The number of hydrogen-bond donors (Lipinski definition) is 2. The molecule has 1 aromatic heterocycles. The lowest BCUT2D eigenvalue weighted by Crippen LogP contribution is -2.35. The van der Waals surface area contributed by atoms with Crippen molar-refractivity contribution in [3.05, 3.63) is 84.4 Å². The van der Waals surface area contributed by atoms with Crippen LogP contribution in [0.15, 0.2) is 78.9 Å². The minimum absolute atomic E-state index is 0.0511. The van der Waals surface area contributed by atoms with Gasteiger partial charge in [0, 0.05) is 38.0 Å². The summed E-state index contributed by atoms with van der Waals surface area (Å²) >= 11 is 0. The third-order valence-electron chi connectivity index (χ3n) is 6.94. The van der Waals surface area contributed by atoms with E-state index in [0.29, 0.717) is 12.5 Å². The first-order valence-corrected chi connectivity index (χ1v) is 12.7. The molecule has 1 aliphatic rings. The molecule has 0 aliphatic heterocycles. The van der Waals surface area contributed by atoms with Gasteiger partial charge in [-0.05, 0) is 60.6 Å².